The van der Waals surface area contributed by atoms with Crippen LogP contribution in [0.25, 0.3) is 0 Å². The molecule has 0 bridgehead atoms. The molecule has 0 aliphatic carbocycles. The summed E-state index contributed by atoms with van der Waals surface area (Å²) in [6.45, 7) is 0.164. The standard InChI is InChI=1S/C13H11Cl2NO4/c1-20-10-3-2-7(12(14)18)4-9(10)16-6-8(13(15)19)5-11(16)17/h2-4,8H,5-6H2,1H3. The van der Waals surface area contributed by atoms with E-state index in [4.69, 9.17) is 27.9 Å². The molecule has 0 saturated carbocycles. The number of hydrogen-bond acceptors (Lipinski definition) is 4. The maximum Gasteiger partial charge on any atom is 0.252 e. The van der Waals surface area contributed by atoms with E-state index in [1.165, 1.54) is 24.1 Å². The van der Waals surface area contributed by atoms with Gasteiger partial charge in [-0.3, -0.25) is 14.4 Å². The Hall–Kier alpha value is -1.59. The Balaban J connectivity index is 2.40. The lowest BCUT2D eigenvalue weighted by Gasteiger charge is -2.19. The Kier molecular flexibility index (Phi) is 4.30. The largest absolute Gasteiger partial charge is 0.495 e. The third-order valence-corrected chi connectivity index (χ3v) is 3.67. The molecule has 2 rings (SSSR count). The van der Waals surface area contributed by atoms with Crippen molar-refractivity contribution in [1.82, 2.24) is 0 Å². The number of methoxy groups -OCH3 is 1. The van der Waals surface area contributed by atoms with Crippen LogP contribution in [0, 0.1) is 5.92 Å². The highest BCUT2D eigenvalue weighted by atomic mass is 35.5. The van der Waals surface area contributed by atoms with E-state index in [-0.39, 0.29) is 24.4 Å². The quantitative estimate of drug-likeness (QED) is 0.799. The van der Waals surface area contributed by atoms with Crippen LogP contribution in [-0.4, -0.2) is 30.0 Å². The van der Waals surface area contributed by atoms with Crippen LogP contribution < -0.4 is 9.64 Å². The first-order valence-corrected chi connectivity index (χ1v) is 6.57. The smallest absolute Gasteiger partial charge is 0.252 e. The lowest BCUT2D eigenvalue weighted by Crippen LogP contribution is -2.26. The molecule has 1 amide bonds. The average Bonchev–Trinajstić information content (AvgIpc) is 2.80. The molecule has 106 valence electrons. The molecule has 5 nitrogen and oxygen atoms in total. The number of benzene rings is 1. The van der Waals surface area contributed by atoms with Gasteiger partial charge in [0, 0.05) is 18.5 Å². The number of halogens is 2. The molecule has 0 N–H and O–H groups in total. The summed E-state index contributed by atoms with van der Waals surface area (Å²) < 4.78 is 5.17. The van der Waals surface area contributed by atoms with Gasteiger partial charge >= 0.3 is 0 Å². The van der Waals surface area contributed by atoms with Gasteiger partial charge in [-0.05, 0) is 41.4 Å². The molecular weight excluding hydrogens is 305 g/mol. The number of carbonyl (C=O) groups is 3. The van der Waals surface area contributed by atoms with Gasteiger partial charge in [0.15, 0.2) is 0 Å². The summed E-state index contributed by atoms with van der Waals surface area (Å²) in [5, 5.41) is -1.19. The molecule has 1 unspecified atom stereocenters. The third kappa shape index (κ3) is 2.78. The Morgan fingerprint density at radius 2 is 2.05 bits per heavy atom. The van der Waals surface area contributed by atoms with Crippen LogP contribution in [0.2, 0.25) is 0 Å². The molecular formula is C13H11Cl2NO4. The van der Waals surface area contributed by atoms with E-state index in [1.807, 2.05) is 0 Å². The Morgan fingerprint density at radius 1 is 1.35 bits per heavy atom. The van der Waals surface area contributed by atoms with E-state index >= 15 is 0 Å². The van der Waals surface area contributed by atoms with Gasteiger partial charge in [-0.2, -0.15) is 0 Å². The molecule has 1 heterocycles. The molecule has 7 heteroatoms. The van der Waals surface area contributed by atoms with Crippen LogP contribution in [0.1, 0.15) is 16.8 Å². The molecule has 0 aromatic heterocycles. The van der Waals surface area contributed by atoms with Gasteiger partial charge in [0.1, 0.15) is 5.75 Å². The number of ether oxygens (including phenoxy) is 1. The Labute approximate surface area is 125 Å². The van der Waals surface area contributed by atoms with E-state index in [0.717, 1.165) is 0 Å². The molecule has 1 atom stereocenters. The molecule has 1 fully saturated rings. The van der Waals surface area contributed by atoms with E-state index in [1.54, 1.807) is 6.07 Å². The zero-order valence-corrected chi connectivity index (χ0v) is 12.1. The van der Waals surface area contributed by atoms with Crippen LogP contribution in [0.4, 0.5) is 5.69 Å². The van der Waals surface area contributed by atoms with Crippen molar-refractivity contribution in [1.29, 1.82) is 0 Å². The minimum Gasteiger partial charge on any atom is -0.495 e. The van der Waals surface area contributed by atoms with Crippen molar-refractivity contribution in [2.45, 2.75) is 6.42 Å². The first kappa shape index (κ1) is 14.8. The third-order valence-electron chi connectivity index (χ3n) is 3.14. The highest BCUT2D eigenvalue weighted by molar-refractivity contribution is 6.67. The number of nitrogens with zero attached hydrogens (tertiary/aromatic N) is 1. The predicted octanol–water partition coefficient (Wildman–Crippen LogP) is 2.19. The first-order chi connectivity index (χ1) is 9.43. The van der Waals surface area contributed by atoms with Gasteiger partial charge in [-0.25, -0.2) is 0 Å². The molecule has 1 aliphatic heterocycles. The van der Waals surface area contributed by atoms with Gasteiger partial charge in [0.2, 0.25) is 11.1 Å². The number of carbonyl (C=O) groups excluding carboxylic acids is 3. The minimum absolute atomic E-state index is 0.0462. The number of anilines is 1. The summed E-state index contributed by atoms with van der Waals surface area (Å²) in [6, 6.07) is 4.52. The lowest BCUT2D eigenvalue weighted by atomic mass is 10.1. The zero-order valence-electron chi connectivity index (χ0n) is 10.6. The van der Waals surface area contributed by atoms with E-state index in [9.17, 15) is 14.4 Å². The minimum atomic E-state index is -0.634. The fourth-order valence-corrected chi connectivity index (χ4v) is 2.38. The number of amides is 1. The van der Waals surface area contributed by atoms with Gasteiger partial charge in [0.05, 0.1) is 18.7 Å². The normalized spacial score (nSPS) is 18.2. The molecule has 1 aromatic rings. The fraction of sp³-hybridized carbons (Fsp3) is 0.308. The summed E-state index contributed by atoms with van der Waals surface area (Å²) >= 11 is 10.9. The summed E-state index contributed by atoms with van der Waals surface area (Å²) in [5.74, 6) is -0.381. The van der Waals surface area contributed by atoms with E-state index in [0.29, 0.717) is 11.4 Å². The number of rotatable bonds is 4. The van der Waals surface area contributed by atoms with Gasteiger partial charge < -0.3 is 9.64 Å². The van der Waals surface area contributed by atoms with E-state index < -0.39 is 16.4 Å². The van der Waals surface area contributed by atoms with Gasteiger partial charge in [0.25, 0.3) is 5.24 Å². The van der Waals surface area contributed by atoms with Gasteiger partial charge in [-0.15, -0.1) is 0 Å². The van der Waals surface area contributed by atoms with Crippen molar-refractivity contribution in [3.63, 3.8) is 0 Å². The molecule has 0 radical (unpaired) electrons. The molecule has 20 heavy (non-hydrogen) atoms. The van der Waals surface area contributed by atoms with Crippen molar-refractivity contribution in [2.75, 3.05) is 18.6 Å². The highest BCUT2D eigenvalue weighted by Crippen LogP contribution is 2.34. The van der Waals surface area contributed by atoms with Crippen molar-refractivity contribution >= 4 is 45.3 Å². The lowest BCUT2D eigenvalue weighted by molar-refractivity contribution is -0.120. The van der Waals surface area contributed by atoms with Crippen LogP contribution >= 0.6 is 23.2 Å². The zero-order chi connectivity index (χ0) is 14.9. The summed E-state index contributed by atoms with van der Waals surface area (Å²) in [4.78, 5) is 35.8. The second-order valence-corrected chi connectivity index (χ2v) is 5.09. The van der Waals surface area contributed by atoms with E-state index in [2.05, 4.69) is 0 Å². The molecule has 1 saturated heterocycles. The SMILES string of the molecule is COc1ccc(C(=O)Cl)cc1N1CC(C(=O)Cl)CC1=O. The fourth-order valence-electron chi connectivity index (χ4n) is 2.12. The average molecular weight is 316 g/mol. The summed E-state index contributed by atoms with van der Waals surface area (Å²) in [7, 11) is 1.45. The Morgan fingerprint density at radius 3 is 2.55 bits per heavy atom. The predicted molar refractivity (Wildman–Crippen MR) is 74.5 cm³/mol. The van der Waals surface area contributed by atoms with Crippen LogP contribution in [0.3, 0.4) is 0 Å². The highest BCUT2D eigenvalue weighted by Gasteiger charge is 2.35. The van der Waals surface area contributed by atoms with Crippen molar-refractivity contribution in [3.05, 3.63) is 23.8 Å². The number of hydrogen-bond donors (Lipinski definition) is 0. The maximum absolute atomic E-state index is 12.0. The van der Waals surface area contributed by atoms with Crippen molar-refractivity contribution in [2.24, 2.45) is 5.92 Å². The summed E-state index contributed by atoms with van der Waals surface area (Å²) in [6.07, 6.45) is 0.0462. The van der Waals surface area contributed by atoms with Crippen molar-refractivity contribution in [3.8, 4) is 5.75 Å². The van der Waals surface area contributed by atoms with Crippen LogP contribution in [0.15, 0.2) is 18.2 Å². The monoisotopic (exact) mass is 315 g/mol. The van der Waals surface area contributed by atoms with Crippen molar-refractivity contribution < 1.29 is 19.1 Å². The second-order valence-electron chi connectivity index (χ2n) is 4.37. The van der Waals surface area contributed by atoms with Crippen LogP contribution in [-0.2, 0) is 9.59 Å². The maximum atomic E-state index is 12.0. The Bertz CT molecular complexity index is 588. The summed E-state index contributed by atoms with van der Waals surface area (Å²) in [5.41, 5.74) is 0.653. The van der Waals surface area contributed by atoms with Gasteiger partial charge in [-0.1, -0.05) is 0 Å². The topological polar surface area (TPSA) is 63.7 Å². The first-order valence-electron chi connectivity index (χ1n) is 5.81. The second kappa shape index (κ2) is 5.81. The molecule has 1 aliphatic rings. The molecule has 0 spiro atoms. The molecule has 1 aromatic carbocycles. The van der Waals surface area contributed by atoms with Crippen LogP contribution in [0.5, 0.6) is 5.75 Å².